The molecule has 4 aromatic rings. The van der Waals surface area contributed by atoms with Gasteiger partial charge >= 0.3 is 0 Å². The molecule has 168 valence electrons. The van der Waals surface area contributed by atoms with E-state index in [-0.39, 0.29) is 18.2 Å². The van der Waals surface area contributed by atoms with Gasteiger partial charge in [0.05, 0.1) is 13.5 Å². The van der Waals surface area contributed by atoms with Gasteiger partial charge in [-0.15, -0.1) is 0 Å². The fraction of sp³-hybridized carbons (Fsp3) is 0.185. The number of rotatable bonds is 9. The van der Waals surface area contributed by atoms with Crippen molar-refractivity contribution in [3.8, 4) is 5.75 Å². The van der Waals surface area contributed by atoms with Gasteiger partial charge in [-0.3, -0.25) is 9.59 Å². The third kappa shape index (κ3) is 6.01. The van der Waals surface area contributed by atoms with Crippen LogP contribution in [0.5, 0.6) is 5.75 Å². The lowest BCUT2D eigenvalue weighted by Crippen LogP contribution is -2.48. The molecule has 3 N–H and O–H groups in total. The SMILES string of the molecule is COc1ccc(CC(=O)N[C@H](Cc2ccc3[nH]ccc3c2)C(=O)NCc2ccccc2)cc1. The van der Waals surface area contributed by atoms with Crippen molar-refractivity contribution >= 4 is 22.7 Å². The van der Waals surface area contributed by atoms with Crippen LogP contribution in [-0.2, 0) is 29.0 Å². The molecule has 0 spiro atoms. The van der Waals surface area contributed by atoms with Gasteiger partial charge in [0.2, 0.25) is 11.8 Å². The lowest BCUT2D eigenvalue weighted by molar-refractivity contribution is -0.128. The minimum atomic E-state index is -0.684. The van der Waals surface area contributed by atoms with Gasteiger partial charge < -0.3 is 20.4 Å². The Bertz CT molecular complexity index is 1220. The van der Waals surface area contributed by atoms with Crippen molar-refractivity contribution in [3.63, 3.8) is 0 Å². The summed E-state index contributed by atoms with van der Waals surface area (Å²) in [5.41, 5.74) is 3.87. The van der Waals surface area contributed by atoms with Gasteiger partial charge in [0.1, 0.15) is 11.8 Å². The van der Waals surface area contributed by atoms with Crippen LogP contribution in [0.4, 0.5) is 0 Å². The molecule has 0 radical (unpaired) electrons. The standard InChI is InChI=1S/C27H27N3O3/c1-33-23-10-7-19(8-11-23)17-26(31)30-25(27(32)29-18-20-5-3-2-4-6-20)16-21-9-12-24-22(15-21)13-14-28-24/h2-15,25,28H,16-18H2,1H3,(H,29,32)(H,30,31)/t25-/m1/s1. The average molecular weight is 442 g/mol. The van der Waals surface area contributed by atoms with Crippen LogP contribution in [0.3, 0.4) is 0 Å². The van der Waals surface area contributed by atoms with Crippen LogP contribution in [-0.4, -0.2) is 29.9 Å². The van der Waals surface area contributed by atoms with Crippen molar-refractivity contribution in [3.05, 3.63) is 102 Å². The third-order valence-corrected chi connectivity index (χ3v) is 5.54. The van der Waals surface area contributed by atoms with E-state index < -0.39 is 6.04 Å². The minimum absolute atomic E-state index is 0.184. The monoisotopic (exact) mass is 441 g/mol. The molecule has 1 aromatic heterocycles. The summed E-state index contributed by atoms with van der Waals surface area (Å²) in [6, 6.07) is 24.4. The highest BCUT2D eigenvalue weighted by atomic mass is 16.5. The van der Waals surface area contributed by atoms with Gasteiger partial charge in [-0.05, 0) is 52.4 Å². The highest BCUT2D eigenvalue weighted by Gasteiger charge is 2.21. The molecule has 1 heterocycles. The molecule has 6 heteroatoms. The molecule has 3 aromatic carbocycles. The Morgan fingerprint density at radius 2 is 1.67 bits per heavy atom. The van der Waals surface area contributed by atoms with E-state index in [0.717, 1.165) is 33.3 Å². The number of amides is 2. The average Bonchev–Trinajstić information content (AvgIpc) is 3.31. The number of benzene rings is 3. The first-order valence-corrected chi connectivity index (χ1v) is 10.9. The first-order valence-electron chi connectivity index (χ1n) is 10.9. The van der Waals surface area contributed by atoms with Gasteiger partial charge in [0.15, 0.2) is 0 Å². The maximum absolute atomic E-state index is 13.1. The number of hydrogen-bond donors (Lipinski definition) is 3. The molecule has 0 aliphatic heterocycles. The van der Waals surface area contributed by atoms with Gasteiger partial charge in [-0.2, -0.15) is 0 Å². The van der Waals surface area contributed by atoms with Crippen LogP contribution in [0.25, 0.3) is 10.9 Å². The lowest BCUT2D eigenvalue weighted by atomic mass is 10.0. The van der Waals surface area contributed by atoms with E-state index in [1.165, 1.54) is 0 Å². The molecule has 0 aliphatic carbocycles. The Morgan fingerprint density at radius 3 is 2.42 bits per heavy atom. The molecule has 0 unspecified atom stereocenters. The van der Waals surface area contributed by atoms with E-state index in [1.807, 2.05) is 85.1 Å². The second-order valence-corrected chi connectivity index (χ2v) is 7.95. The topological polar surface area (TPSA) is 83.2 Å². The summed E-state index contributed by atoms with van der Waals surface area (Å²) in [5, 5.41) is 6.96. The highest BCUT2D eigenvalue weighted by molar-refractivity contribution is 5.89. The number of fused-ring (bicyclic) bond motifs is 1. The summed E-state index contributed by atoms with van der Waals surface area (Å²) in [5.74, 6) is 0.316. The zero-order chi connectivity index (χ0) is 23.0. The van der Waals surface area contributed by atoms with Gasteiger partial charge in [-0.25, -0.2) is 0 Å². The van der Waals surface area contributed by atoms with E-state index in [2.05, 4.69) is 15.6 Å². The number of nitrogens with one attached hydrogen (secondary N) is 3. The Hall–Kier alpha value is -4.06. The van der Waals surface area contributed by atoms with Gasteiger partial charge in [-0.1, -0.05) is 48.5 Å². The molecule has 33 heavy (non-hydrogen) atoms. The molecule has 6 nitrogen and oxygen atoms in total. The summed E-state index contributed by atoms with van der Waals surface area (Å²) in [4.78, 5) is 29.0. The molecule has 0 aliphatic rings. The molecule has 2 amide bonds. The van der Waals surface area contributed by atoms with Crippen molar-refractivity contribution in [2.45, 2.75) is 25.4 Å². The van der Waals surface area contributed by atoms with Gasteiger partial charge in [0, 0.05) is 24.7 Å². The van der Waals surface area contributed by atoms with E-state index in [0.29, 0.717) is 13.0 Å². The molecule has 0 saturated heterocycles. The number of H-pyrrole nitrogens is 1. The zero-order valence-corrected chi connectivity index (χ0v) is 18.5. The highest BCUT2D eigenvalue weighted by Crippen LogP contribution is 2.16. The summed E-state index contributed by atoms with van der Waals surface area (Å²) < 4.78 is 5.17. The zero-order valence-electron chi connectivity index (χ0n) is 18.5. The molecule has 0 saturated carbocycles. The van der Waals surface area contributed by atoms with E-state index in [9.17, 15) is 9.59 Å². The number of ether oxygens (including phenoxy) is 1. The van der Waals surface area contributed by atoms with Gasteiger partial charge in [0.25, 0.3) is 0 Å². The van der Waals surface area contributed by atoms with Crippen LogP contribution in [0.2, 0.25) is 0 Å². The second kappa shape index (κ2) is 10.5. The Kier molecular flexibility index (Phi) is 7.05. The largest absolute Gasteiger partial charge is 0.497 e. The number of aromatic nitrogens is 1. The van der Waals surface area contributed by atoms with E-state index >= 15 is 0 Å². The normalized spacial score (nSPS) is 11.7. The summed E-state index contributed by atoms with van der Waals surface area (Å²) >= 11 is 0. The fourth-order valence-electron chi connectivity index (χ4n) is 3.76. The van der Waals surface area contributed by atoms with Crippen molar-refractivity contribution in [1.29, 1.82) is 0 Å². The molecular formula is C27H27N3O3. The molecule has 1 atom stereocenters. The first-order chi connectivity index (χ1) is 16.1. The summed E-state index contributed by atoms with van der Waals surface area (Å²) in [6.07, 6.45) is 2.47. The van der Waals surface area contributed by atoms with Crippen LogP contribution in [0.1, 0.15) is 16.7 Å². The minimum Gasteiger partial charge on any atom is -0.497 e. The smallest absolute Gasteiger partial charge is 0.243 e. The van der Waals surface area contributed by atoms with Crippen molar-refractivity contribution in [1.82, 2.24) is 15.6 Å². The maximum Gasteiger partial charge on any atom is 0.243 e. The Balaban J connectivity index is 1.46. The predicted molar refractivity (Wildman–Crippen MR) is 129 cm³/mol. The molecule has 0 fully saturated rings. The number of carbonyl (C=O) groups excluding carboxylic acids is 2. The Labute approximate surface area is 193 Å². The van der Waals surface area contributed by atoms with Crippen molar-refractivity contribution < 1.29 is 14.3 Å². The summed E-state index contributed by atoms with van der Waals surface area (Å²) in [6.45, 7) is 0.404. The molecule has 0 bridgehead atoms. The van der Waals surface area contributed by atoms with E-state index in [4.69, 9.17) is 4.74 Å². The number of carbonyl (C=O) groups is 2. The molecule has 4 rings (SSSR count). The number of methoxy groups -OCH3 is 1. The number of hydrogen-bond acceptors (Lipinski definition) is 3. The summed E-state index contributed by atoms with van der Waals surface area (Å²) in [7, 11) is 1.60. The van der Waals surface area contributed by atoms with Crippen molar-refractivity contribution in [2.24, 2.45) is 0 Å². The lowest BCUT2D eigenvalue weighted by Gasteiger charge is -2.19. The molecular weight excluding hydrogens is 414 g/mol. The van der Waals surface area contributed by atoms with Crippen LogP contribution >= 0.6 is 0 Å². The predicted octanol–water partition coefficient (Wildman–Crippen LogP) is 3.76. The van der Waals surface area contributed by atoms with Crippen molar-refractivity contribution in [2.75, 3.05) is 7.11 Å². The third-order valence-electron chi connectivity index (χ3n) is 5.54. The fourth-order valence-corrected chi connectivity index (χ4v) is 3.76. The van der Waals surface area contributed by atoms with Crippen LogP contribution in [0, 0.1) is 0 Å². The van der Waals surface area contributed by atoms with E-state index in [1.54, 1.807) is 7.11 Å². The number of aromatic amines is 1. The van der Waals surface area contributed by atoms with Crippen LogP contribution < -0.4 is 15.4 Å². The second-order valence-electron chi connectivity index (χ2n) is 7.95. The first kappa shape index (κ1) is 22.1. The Morgan fingerprint density at radius 1 is 0.909 bits per heavy atom. The van der Waals surface area contributed by atoms with Crippen LogP contribution in [0.15, 0.2) is 85.1 Å². The maximum atomic E-state index is 13.1. The quantitative estimate of drug-likeness (QED) is 0.370.